The van der Waals surface area contributed by atoms with Gasteiger partial charge in [-0.2, -0.15) is 0 Å². The Kier molecular flexibility index (Phi) is 2.16. The van der Waals surface area contributed by atoms with E-state index >= 15 is 0 Å². The maximum atomic E-state index is 10.8. The minimum Gasteiger partial charge on any atom is -0.396 e. The largest absolute Gasteiger partial charge is 0.396 e. The Morgan fingerprint density at radius 2 is 1.87 bits per heavy atom. The zero-order valence-corrected chi connectivity index (χ0v) is 9.41. The van der Waals surface area contributed by atoms with E-state index in [9.17, 15) is 10.2 Å². The fourth-order valence-electron chi connectivity index (χ4n) is 4.81. The molecule has 0 saturated heterocycles. The molecule has 3 fully saturated rings. The second-order valence-corrected chi connectivity index (χ2v) is 6.13. The first-order valence-corrected chi connectivity index (χ1v) is 6.53. The van der Waals surface area contributed by atoms with Crippen LogP contribution in [0.15, 0.2) is 0 Å². The summed E-state index contributed by atoms with van der Waals surface area (Å²) in [6, 6.07) is 0. The van der Waals surface area contributed by atoms with Crippen LogP contribution in [0.1, 0.15) is 51.4 Å². The van der Waals surface area contributed by atoms with Crippen LogP contribution in [0.4, 0.5) is 0 Å². The summed E-state index contributed by atoms with van der Waals surface area (Å²) < 4.78 is 0. The highest BCUT2D eigenvalue weighted by atomic mass is 16.3. The molecule has 3 aliphatic rings. The maximum Gasteiger partial charge on any atom is 0.0728 e. The van der Waals surface area contributed by atoms with Gasteiger partial charge in [0, 0.05) is 5.41 Å². The summed E-state index contributed by atoms with van der Waals surface area (Å²) in [7, 11) is 0. The van der Waals surface area contributed by atoms with Gasteiger partial charge in [0.15, 0.2) is 0 Å². The molecular formula is C13H22O2. The van der Waals surface area contributed by atoms with Crippen molar-refractivity contribution in [2.24, 2.45) is 17.3 Å². The van der Waals surface area contributed by atoms with Crippen molar-refractivity contribution in [3.8, 4) is 0 Å². The average Bonchev–Trinajstić information content (AvgIpc) is 2.91. The Morgan fingerprint density at radius 3 is 2.33 bits per heavy atom. The smallest absolute Gasteiger partial charge is 0.0728 e. The molecular weight excluding hydrogens is 188 g/mol. The highest BCUT2D eigenvalue weighted by Crippen LogP contribution is 2.63. The molecule has 0 heterocycles. The fraction of sp³-hybridized carbons (Fsp3) is 1.00. The van der Waals surface area contributed by atoms with Crippen molar-refractivity contribution in [1.82, 2.24) is 0 Å². The van der Waals surface area contributed by atoms with Gasteiger partial charge in [-0.3, -0.25) is 0 Å². The molecule has 0 radical (unpaired) electrons. The summed E-state index contributed by atoms with van der Waals surface area (Å²) in [6.07, 6.45) is 9.09. The summed E-state index contributed by atoms with van der Waals surface area (Å²) in [5, 5.41) is 20.6. The number of rotatable bonds is 2. The molecule has 2 N–H and O–H groups in total. The van der Waals surface area contributed by atoms with Gasteiger partial charge in [-0.15, -0.1) is 0 Å². The second kappa shape index (κ2) is 3.21. The fourth-order valence-corrected chi connectivity index (χ4v) is 4.81. The molecule has 0 aromatic rings. The van der Waals surface area contributed by atoms with Crippen molar-refractivity contribution >= 4 is 0 Å². The van der Waals surface area contributed by atoms with Crippen molar-refractivity contribution in [2.45, 2.75) is 57.0 Å². The average molecular weight is 210 g/mol. The predicted molar refractivity (Wildman–Crippen MR) is 58.4 cm³/mol. The van der Waals surface area contributed by atoms with Gasteiger partial charge in [0.1, 0.15) is 0 Å². The molecule has 0 amide bonds. The van der Waals surface area contributed by atoms with Crippen LogP contribution in [0.3, 0.4) is 0 Å². The van der Waals surface area contributed by atoms with Crippen LogP contribution in [0.25, 0.3) is 0 Å². The van der Waals surface area contributed by atoms with E-state index in [1.807, 2.05) is 0 Å². The maximum absolute atomic E-state index is 10.8. The molecule has 0 spiro atoms. The van der Waals surface area contributed by atoms with E-state index in [4.69, 9.17) is 0 Å². The third kappa shape index (κ3) is 1.18. The highest BCUT2D eigenvalue weighted by Gasteiger charge is 2.61. The summed E-state index contributed by atoms with van der Waals surface area (Å²) in [4.78, 5) is 0. The lowest BCUT2D eigenvalue weighted by molar-refractivity contribution is -0.133. The first kappa shape index (κ1) is 10.1. The van der Waals surface area contributed by atoms with E-state index in [0.29, 0.717) is 5.92 Å². The Labute approximate surface area is 91.7 Å². The van der Waals surface area contributed by atoms with Crippen LogP contribution in [0.2, 0.25) is 0 Å². The third-order valence-corrected chi connectivity index (χ3v) is 5.62. The molecule has 2 bridgehead atoms. The van der Waals surface area contributed by atoms with Crippen LogP contribution in [0, 0.1) is 17.3 Å². The van der Waals surface area contributed by atoms with Crippen LogP contribution >= 0.6 is 0 Å². The van der Waals surface area contributed by atoms with Crippen LogP contribution in [-0.4, -0.2) is 22.4 Å². The van der Waals surface area contributed by atoms with Gasteiger partial charge in [-0.1, -0.05) is 19.3 Å². The zero-order valence-electron chi connectivity index (χ0n) is 9.41. The minimum atomic E-state index is -0.526. The lowest BCUT2D eigenvalue weighted by Gasteiger charge is -2.47. The van der Waals surface area contributed by atoms with Gasteiger partial charge in [-0.25, -0.2) is 0 Å². The highest BCUT2D eigenvalue weighted by molar-refractivity contribution is 5.11. The van der Waals surface area contributed by atoms with Crippen molar-refractivity contribution in [3.63, 3.8) is 0 Å². The van der Waals surface area contributed by atoms with Gasteiger partial charge in [0.2, 0.25) is 0 Å². The molecule has 3 saturated carbocycles. The standard InChI is InChI=1S/C13H22O2/c14-9-12(13(15)5-1-2-6-13)8-10-3-4-11(12)7-10/h10-11,14-15H,1-9H2. The molecule has 3 rings (SSSR count). The molecule has 0 aromatic carbocycles. The summed E-state index contributed by atoms with van der Waals surface area (Å²) in [5.41, 5.74) is -0.645. The van der Waals surface area contributed by atoms with Crippen LogP contribution in [0.5, 0.6) is 0 Å². The SMILES string of the molecule is OCC1(C2(O)CCCC2)CC2CCC1C2. The van der Waals surface area contributed by atoms with Crippen LogP contribution < -0.4 is 0 Å². The Bertz CT molecular complexity index is 257. The molecule has 3 unspecified atom stereocenters. The molecule has 0 aromatic heterocycles. The molecule has 86 valence electrons. The van der Waals surface area contributed by atoms with Gasteiger partial charge >= 0.3 is 0 Å². The van der Waals surface area contributed by atoms with Gasteiger partial charge in [0.25, 0.3) is 0 Å². The number of fused-ring (bicyclic) bond motifs is 2. The Morgan fingerprint density at radius 1 is 1.13 bits per heavy atom. The molecule has 3 atom stereocenters. The molecule has 3 aliphatic carbocycles. The molecule has 2 heteroatoms. The lowest BCUT2D eigenvalue weighted by Crippen LogP contribution is -2.52. The van der Waals surface area contributed by atoms with Crippen molar-refractivity contribution in [3.05, 3.63) is 0 Å². The summed E-state index contributed by atoms with van der Waals surface area (Å²) >= 11 is 0. The molecule has 2 nitrogen and oxygen atoms in total. The number of hydrogen-bond acceptors (Lipinski definition) is 2. The van der Waals surface area contributed by atoms with E-state index in [0.717, 1.165) is 38.0 Å². The van der Waals surface area contributed by atoms with Gasteiger partial charge in [0.05, 0.1) is 12.2 Å². The van der Waals surface area contributed by atoms with Gasteiger partial charge < -0.3 is 10.2 Å². The lowest BCUT2D eigenvalue weighted by atomic mass is 9.62. The quantitative estimate of drug-likeness (QED) is 0.732. The van der Waals surface area contributed by atoms with Crippen molar-refractivity contribution in [2.75, 3.05) is 6.61 Å². The van der Waals surface area contributed by atoms with E-state index in [-0.39, 0.29) is 12.0 Å². The van der Waals surface area contributed by atoms with E-state index in [1.54, 1.807) is 0 Å². The van der Waals surface area contributed by atoms with Gasteiger partial charge in [-0.05, 0) is 43.9 Å². The van der Waals surface area contributed by atoms with Crippen molar-refractivity contribution in [1.29, 1.82) is 0 Å². The topological polar surface area (TPSA) is 40.5 Å². The second-order valence-electron chi connectivity index (χ2n) is 6.13. The third-order valence-electron chi connectivity index (χ3n) is 5.62. The normalized spacial score (nSPS) is 47.6. The number of hydrogen-bond donors (Lipinski definition) is 2. The summed E-state index contributed by atoms with van der Waals surface area (Å²) in [6.45, 7) is 0.213. The zero-order chi connectivity index (χ0) is 10.5. The Balaban J connectivity index is 1.92. The predicted octanol–water partition coefficient (Wildman–Crippen LogP) is 2.09. The summed E-state index contributed by atoms with van der Waals surface area (Å²) in [5.74, 6) is 1.40. The van der Waals surface area contributed by atoms with Crippen molar-refractivity contribution < 1.29 is 10.2 Å². The minimum absolute atomic E-state index is 0.119. The number of aliphatic hydroxyl groups is 2. The molecule has 15 heavy (non-hydrogen) atoms. The molecule has 0 aliphatic heterocycles. The van der Waals surface area contributed by atoms with E-state index < -0.39 is 5.60 Å². The first-order valence-electron chi connectivity index (χ1n) is 6.53. The monoisotopic (exact) mass is 210 g/mol. The first-order chi connectivity index (χ1) is 7.20. The number of aliphatic hydroxyl groups excluding tert-OH is 1. The van der Waals surface area contributed by atoms with E-state index in [1.165, 1.54) is 19.3 Å². The van der Waals surface area contributed by atoms with E-state index in [2.05, 4.69) is 0 Å². The Hall–Kier alpha value is -0.0800. The van der Waals surface area contributed by atoms with Crippen LogP contribution in [-0.2, 0) is 0 Å².